The van der Waals surface area contributed by atoms with E-state index in [0.29, 0.717) is 32.8 Å². The number of nitrogens with zero attached hydrogens (tertiary/aromatic N) is 2. The molecule has 1 heterocycles. The van der Waals surface area contributed by atoms with Crippen molar-refractivity contribution in [1.82, 2.24) is 9.21 Å². The highest BCUT2D eigenvalue weighted by Gasteiger charge is 2.29. The van der Waals surface area contributed by atoms with E-state index in [1.54, 1.807) is 24.3 Å². The lowest BCUT2D eigenvalue weighted by atomic mass is 10.2. The standard InChI is InChI=1S/C19H23ClN2O3S/c1-16-6-8-17(9-7-16)25-15-14-21-10-12-22(13-11-21)26(23,24)19-5-3-2-4-18(19)20/h2-9H,10-15H2,1H3. The van der Waals surface area contributed by atoms with Crippen LogP contribution in [-0.4, -0.2) is 57.0 Å². The number of hydrogen-bond acceptors (Lipinski definition) is 4. The van der Waals surface area contributed by atoms with Crippen molar-refractivity contribution in [3.05, 3.63) is 59.1 Å². The molecule has 0 aliphatic carbocycles. The van der Waals surface area contributed by atoms with Gasteiger partial charge in [0.15, 0.2) is 0 Å². The lowest BCUT2D eigenvalue weighted by Crippen LogP contribution is -2.49. The number of sulfonamides is 1. The zero-order valence-corrected chi connectivity index (χ0v) is 16.3. The zero-order chi connectivity index (χ0) is 18.6. The van der Waals surface area contributed by atoms with Crippen LogP contribution in [0.15, 0.2) is 53.4 Å². The maximum Gasteiger partial charge on any atom is 0.244 e. The number of piperazine rings is 1. The molecule has 3 rings (SSSR count). The first-order chi connectivity index (χ1) is 12.5. The van der Waals surface area contributed by atoms with Gasteiger partial charge in [0.05, 0.1) is 5.02 Å². The van der Waals surface area contributed by atoms with E-state index >= 15 is 0 Å². The van der Waals surface area contributed by atoms with Gasteiger partial charge in [-0.2, -0.15) is 4.31 Å². The third kappa shape index (κ3) is 4.57. The molecule has 7 heteroatoms. The minimum atomic E-state index is -3.54. The maximum atomic E-state index is 12.7. The minimum Gasteiger partial charge on any atom is -0.492 e. The Bertz CT molecular complexity index is 832. The quantitative estimate of drug-likeness (QED) is 0.755. The predicted octanol–water partition coefficient (Wildman–Crippen LogP) is 3.03. The van der Waals surface area contributed by atoms with E-state index in [-0.39, 0.29) is 9.92 Å². The number of rotatable bonds is 6. The molecule has 0 bridgehead atoms. The molecule has 26 heavy (non-hydrogen) atoms. The molecule has 1 fully saturated rings. The highest BCUT2D eigenvalue weighted by atomic mass is 35.5. The molecule has 0 saturated carbocycles. The number of halogens is 1. The number of ether oxygens (including phenoxy) is 1. The third-order valence-electron chi connectivity index (χ3n) is 4.48. The lowest BCUT2D eigenvalue weighted by molar-refractivity contribution is 0.159. The van der Waals surface area contributed by atoms with Crippen LogP contribution in [0, 0.1) is 6.92 Å². The van der Waals surface area contributed by atoms with E-state index in [1.165, 1.54) is 9.87 Å². The largest absolute Gasteiger partial charge is 0.492 e. The molecule has 140 valence electrons. The topological polar surface area (TPSA) is 49.9 Å². The monoisotopic (exact) mass is 394 g/mol. The molecule has 0 N–H and O–H groups in total. The fourth-order valence-electron chi connectivity index (χ4n) is 2.91. The summed E-state index contributed by atoms with van der Waals surface area (Å²) in [5.74, 6) is 0.857. The van der Waals surface area contributed by atoms with Crippen molar-refractivity contribution in [2.45, 2.75) is 11.8 Å². The summed E-state index contributed by atoms with van der Waals surface area (Å²) in [5.41, 5.74) is 1.20. The fraction of sp³-hybridized carbons (Fsp3) is 0.368. The van der Waals surface area contributed by atoms with Gasteiger partial charge in [-0.3, -0.25) is 4.90 Å². The number of aryl methyl sites for hydroxylation is 1. The molecular weight excluding hydrogens is 372 g/mol. The van der Waals surface area contributed by atoms with Gasteiger partial charge < -0.3 is 4.74 Å². The molecule has 1 saturated heterocycles. The average Bonchev–Trinajstić information content (AvgIpc) is 2.64. The first kappa shape index (κ1) is 19.2. The first-order valence-electron chi connectivity index (χ1n) is 8.63. The average molecular weight is 395 g/mol. The molecule has 5 nitrogen and oxygen atoms in total. The van der Waals surface area contributed by atoms with Crippen LogP contribution in [0.4, 0.5) is 0 Å². The Hall–Kier alpha value is -1.60. The van der Waals surface area contributed by atoms with Crippen molar-refractivity contribution in [2.75, 3.05) is 39.3 Å². The van der Waals surface area contributed by atoms with Gasteiger partial charge in [-0.05, 0) is 31.2 Å². The van der Waals surface area contributed by atoms with Crippen molar-refractivity contribution in [1.29, 1.82) is 0 Å². The second kappa shape index (κ2) is 8.39. The molecule has 0 unspecified atom stereocenters. The zero-order valence-electron chi connectivity index (χ0n) is 14.8. The normalized spacial score (nSPS) is 16.5. The molecule has 0 radical (unpaired) electrons. The van der Waals surface area contributed by atoms with E-state index in [1.807, 2.05) is 31.2 Å². The molecule has 0 atom stereocenters. The van der Waals surface area contributed by atoms with E-state index in [2.05, 4.69) is 4.90 Å². The summed E-state index contributed by atoms with van der Waals surface area (Å²) >= 11 is 6.06. The van der Waals surface area contributed by atoms with E-state index < -0.39 is 10.0 Å². The van der Waals surface area contributed by atoms with Gasteiger partial charge in [-0.15, -0.1) is 0 Å². The van der Waals surface area contributed by atoms with Crippen molar-refractivity contribution in [2.24, 2.45) is 0 Å². The van der Waals surface area contributed by atoms with Crippen molar-refractivity contribution >= 4 is 21.6 Å². The van der Waals surface area contributed by atoms with Gasteiger partial charge in [0.1, 0.15) is 17.3 Å². The summed E-state index contributed by atoms with van der Waals surface area (Å²) in [6, 6.07) is 14.5. The summed E-state index contributed by atoms with van der Waals surface area (Å²) < 4.78 is 32.7. The lowest BCUT2D eigenvalue weighted by Gasteiger charge is -2.34. The summed E-state index contributed by atoms with van der Waals surface area (Å²) in [6.45, 7) is 5.67. The smallest absolute Gasteiger partial charge is 0.244 e. The first-order valence-corrected chi connectivity index (χ1v) is 10.4. The van der Waals surface area contributed by atoms with Gasteiger partial charge >= 0.3 is 0 Å². The molecule has 0 amide bonds. The van der Waals surface area contributed by atoms with Crippen molar-refractivity contribution in [3.8, 4) is 5.75 Å². The maximum absolute atomic E-state index is 12.7. The Morgan fingerprint density at radius 3 is 2.31 bits per heavy atom. The van der Waals surface area contributed by atoms with Gasteiger partial charge in [-0.25, -0.2) is 8.42 Å². The van der Waals surface area contributed by atoms with E-state index in [0.717, 1.165) is 12.3 Å². The molecule has 1 aliphatic heterocycles. The van der Waals surface area contributed by atoms with Crippen LogP contribution >= 0.6 is 11.6 Å². The minimum absolute atomic E-state index is 0.179. The number of benzene rings is 2. The van der Waals surface area contributed by atoms with Gasteiger partial charge in [-0.1, -0.05) is 41.4 Å². The summed E-state index contributed by atoms with van der Waals surface area (Å²) in [7, 11) is -3.54. The van der Waals surface area contributed by atoms with Crippen molar-refractivity contribution in [3.63, 3.8) is 0 Å². The summed E-state index contributed by atoms with van der Waals surface area (Å²) in [6.07, 6.45) is 0. The highest BCUT2D eigenvalue weighted by Crippen LogP contribution is 2.25. The summed E-state index contributed by atoms with van der Waals surface area (Å²) in [5, 5.41) is 0.265. The molecule has 2 aromatic rings. The van der Waals surface area contributed by atoms with Crippen LogP contribution in [0.2, 0.25) is 5.02 Å². The van der Waals surface area contributed by atoms with Gasteiger partial charge in [0, 0.05) is 32.7 Å². The highest BCUT2D eigenvalue weighted by molar-refractivity contribution is 7.89. The Morgan fingerprint density at radius 1 is 1.00 bits per heavy atom. The SMILES string of the molecule is Cc1ccc(OCCN2CCN(S(=O)(=O)c3ccccc3Cl)CC2)cc1. The summed E-state index contributed by atoms with van der Waals surface area (Å²) in [4.78, 5) is 2.39. The van der Waals surface area contributed by atoms with Crippen LogP contribution in [0.5, 0.6) is 5.75 Å². The Balaban J connectivity index is 1.49. The van der Waals surface area contributed by atoms with Crippen molar-refractivity contribution < 1.29 is 13.2 Å². The second-order valence-electron chi connectivity index (χ2n) is 6.34. The molecule has 1 aliphatic rings. The fourth-order valence-corrected chi connectivity index (χ4v) is 4.83. The molecular formula is C19H23ClN2O3S. The Labute approximate surface area is 160 Å². The predicted molar refractivity (Wildman–Crippen MR) is 103 cm³/mol. The van der Waals surface area contributed by atoms with Crippen LogP contribution in [0.1, 0.15) is 5.56 Å². The molecule has 0 aromatic heterocycles. The van der Waals surface area contributed by atoms with Crippen LogP contribution in [-0.2, 0) is 10.0 Å². The van der Waals surface area contributed by atoms with E-state index in [9.17, 15) is 8.42 Å². The Morgan fingerprint density at radius 2 is 1.65 bits per heavy atom. The number of hydrogen-bond donors (Lipinski definition) is 0. The van der Waals surface area contributed by atoms with Crippen LogP contribution in [0.25, 0.3) is 0 Å². The second-order valence-corrected chi connectivity index (χ2v) is 8.65. The molecule has 0 spiro atoms. The van der Waals surface area contributed by atoms with Gasteiger partial charge in [0.2, 0.25) is 10.0 Å². The molecule has 2 aromatic carbocycles. The Kier molecular flexibility index (Phi) is 6.19. The van der Waals surface area contributed by atoms with Gasteiger partial charge in [0.25, 0.3) is 0 Å². The third-order valence-corrected chi connectivity index (χ3v) is 6.88. The van der Waals surface area contributed by atoms with Crippen LogP contribution in [0.3, 0.4) is 0 Å². The van der Waals surface area contributed by atoms with E-state index in [4.69, 9.17) is 16.3 Å². The van der Waals surface area contributed by atoms with Crippen LogP contribution < -0.4 is 4.74 Å².